The molecule has 94 valence electrons. The second kappa shape index (κ2) is 5.50. The Balaban J connectivity index is 1.76. The molecule has 0 spiro atoms. The van der Waals surface area contributed by atoms with Crippen LogP contribution in [0.3, 0.4) is 0 Å². The van der Waals surface area contributed by atoms with Gasteiger partial charge in [0, 0.05) is 12.6 Å². The second-order valence-electron chi connectivity index (χ2n) is 5.37. The highest BCUT2D eigenvalue weighted by molar-refractivity contribution is 5.79. The summed E-state index contributed by atoms with van der Waals surface area (Å²) in [5.74, 6) is 0.870. The van der Waals surface area contributed by atoms with Crippen molar-refractivity contribution in [3.8, 4) is 6.07 Å². The summed E-state index contributed by atoms with van der Waals surface area (Å²) in [7, 11) is 0. The smallest absolute Gasteiger partial charge is 0.237 e. The van der Waals surface area contributed by atoms with E-state index >= 15 is 0 Å². The Bertz CT molecular complexity index is 323. The third-order valence-corrected chi connectivity index (χ3v) is 3.96. The first-order chi connectivity index (χ1) is 8.20. The molecule has 0 unspecified atom stereocenters. The Kier molecular flexibility index (Phi) is 4.01. The molecule has 4 nitrogen and oxygen atoms in total. The number of likely N-dealkylation sites (tertiary alicyclic amines) is 1. The molecule has 4 heteroatoms. The molecule has 1 saturated carbocycles. The van der Waals surface area contributed by atoms with E-state index in [9.17, 15) is 4.79 Å². The zero-order chi connectivity index (χ0) is 12.3. The average molecular weight is 235 g/mol. The summed E-state index contributed by atoms with van der Waals surface area (Å²) in [6, 6.07) is 2.52. The summed E-state index contributed by atoms with van der Waals surface area (Å²) in [6.45, 7) is 3.41. The number of rotatable bonds is 3. The fourth-order valence-corrected chi connectivity index (χ4v) is 2.93. The summed E-state index contributed by atoms with van der Waals surface area (Å²) < 4.78 is 0. The van der Waals surface area contributed by atoms with Gasteiger partial charge in [0.2, 0.25) is 5.91 Å². The Labute approximate surface area is 103 Å². The van der Waals surface area contributed by atoms with Crippen LogP contribution in [-0.2, 0) is 4.79 Å². The molecule has 1 aliphatic carbocycles. The molecule has 1 amide bonds. The van der Waals surface area contributed by atoms with Crippen LogP contribution in [-0.4, -0.2) is 36.0 Å². The lowest BCUT2D eigenvalue weighted by Crippen LogP contribution is -2.42. The number of carbonyl (C=O) groups excluding carboxylic acids is 1. The van der Waals surface area contributed by atoms with E-state index in [1.54, 1.807) is 4.90 Å². The van der Waals surface area contributed by atoms with Gasteiger partial charge in [0.15, 0.2) is 0 Å². The largest absolute Gasteiger partial charge is 0.326 e. The third-order valence-electron chi connectivity index (χ3n) is 3.96. The highest BCUT2D eigenvalue weighted by Gasteiger charge is 2.29. The Morgan fingerprint density at radius 1 is 1.47 bits per heavy atom. The summed E-state index contributed by atoms with van der Waals surface area (Å²) in [4.78, 5) is 13.7. The molecule has 2 rings (SSSR count). The van der Waals surface area contributed by atoms with Gasteiger partial charge < -0.3 is 10.2 Å². The summed E-state index contributed by atoms with van der Waals surface area (Å²) >= 11 is 0. The van der Waals surface area contributed by atoms with Gasteiger partial charge in [-0.15, -0.1) is 0 Å². The molecule has 0 aromatic rings. The van der Waals surface area contributed by atoms with E-state index in [2.05, 4.69) is 18.3 Å². The first-order valence-electron chi connectivity index (χ1n) is 6.63. The van der Waals surface area contributed by atoms with E-state index in [4.69, 9.17) is 5.26 Å². The first-order valence-corrected chi connectivity index (χ1v) is 6.63. The summed E-state index contributed by atoms with van der Waals surface area (Å²) in [5, 5.41) is 12.3. The number of nitrogens with one attached hydrogen (secondary N) is 1. The van der Waals surface area contributed by atoms with Gasteiger partial charge in [0.05, 0.1) is 12.6 Å². The van der Waals surface area contributed by atoms with E-state index in [1.165, 1.54) is 19.3 Å². The number of hydrogen-bond acceptors (Lipinski definition) is 3. The van der Waals surface area contributed by atoms with Crippen molar-refractivity contribution in [2.75, 3.05) is 13.1 Å². The van der Waals surface area contributed by atoms with Gasteiger partial charge in [0.25, 0.3) is 0 Å². The van der Waals surface area contributed by atoms with Gasteiger partial charge in [-0.3, -0.25) is 4.79 Å². The van der Waals surface area contributed by atoms with Crippen LogP contribution in [0.15, 0.2) is 0 Å². The Morgan fingerprint density at radius 2 is 2.29 bits per heavy atom. The van der Waals surface area contributed by atoms with Crippen molar-refractivity contribution in [2.45, 2.75) is 51.1 Å². The Hall–Kier alpha value is -1.08. The van der Waals surface area contributed by atoms with Crippen molar-refractivity contribution in [1.29, 1.82) is 5.26 Å². The quantitative estimate of drug-likeness (QED) is 0.801. The lowest BCUT2D eigenvalue weighted by atomic mass is 10.1. The molecule has 1 N–H and O–H groups in total. The van der Waals surface area contributed by atoms with Crippen LogP contribution < -0.4 is 5.32 Å². The molecule has 0 radical (unpaired) electrons. The number of amides is 1. The fourth-order valence-electron chi connectivity index (χ4n) is 2.93. The molecule has 17 heavy (non-hydrogen) atoms. The molecule has 1 heterocycles. The first kappa shape index (κ1) is 12.4. The standard InChI is InChI=1S/C13H21N3O/c1-10-4-5-11(7-10)15-9-13(17)16-6-2-3-12(16)8-14/h10-12,15H,2-7,9H2,1H3/t10-,11+,12-/m0/s1. The van der Waals surface area contributed by atoms with E-state index in [0.29, 0.717) is 12.6 Å². The number of nitriles is 1. The molecular formula is C13H21N3O. The molecule has 0 aromatic carbocycles. The molecular weight excluding hydrogens is 214 g/mol. The zero-order valence-corrected chi connectivity index (χ0v) is 10.5. The van der Waals surface area contributed by atoms with Crippen molar-refractivity contribution < 1.29 is 4.79 Å². The van der Waals surface area contributed by atoms with Crippen LogP contribution >= 0.6 is 0 Å². The van der Waals surface area contributed by atoms with Crippen LogP contribution in [0, 0.1) is 17.2 Å². The van der Waals surface area contributed by atoms with E-state index in [1.807, 2.05) is 0 Å². The average Bonchev–Trinajstić information content (AvgIpc) is 2.94. The summed E-state index contributed by atoms with van der Waals surface area (Å²) in [6.07, 6.45) is 5.41. The van der Waals surface area contributed by atoms with Gasteiger partial charge in [0.1, 0.15) is 6.04 Å². The van der Waals surface area contributed by atoms with Gasteiger partial charge in [-0.05, 0) is 38.0 Å². The SMILES string of the molecule is C[C@H]1CC[C@@H](NCC(=O)N2CCC[C@H]2C#N)C1. The minimum absolute atomic E-state index is 0.0913. The summed E-state index contributed by atoms with van der Waals surface area (Å²) in [5.41, 5.74) is 0. The molecule has 0 bridgehead atoms. The second-order valence-corrected chi connectivity index (χ2v) is 5.37. The van der Waals surface area contributed by atoms with Gasteiger partial charge >= 0.3 is 0 Å². The highest BCUT2D eigenvalue weighted by atomic mass is 16.2. The topological polar surface area (TPSA) is 56.1 Å². The lowest BCUT2D eigenvalue weighted by Gasteiger charge is -2.21. The predicted molar refractivity (Wildman–Crippen MR) is 65.2 cm³/mol. The van der Waals surface area contributed by atoms with Crippen LogP contribution in [0.25, 0.3) is 0 Å². The number of hydrogen-bond donors (Lipinski definition) is 1. The maximum atomic E-state index is 12.0. The van der Waals surface area contributed by atoms with Crippen molar-refractivity contribution in [1.82, 2.24) is 10.2 Å². The molecule has 2 fully saturated rings. The van der Waals surface area contributed by atoms with Crippen molar-refractivity contribution in [2.24, 2.45) is 5.92 Å². The minimum Gasteiger partial charge on any atom is -0.326 e. The number of nitrogens with zero attached hydrogens (tertiary/aromatic N) is 2. The highest BCUT2D eigenvalue weighted by Crippen LogP contribution is 2.24. The van der Waals surface area contributed by atoms with Gasteiger partial charge in [-0.25, -0.2) is 0 Å². The van der Waals surface area contributed by atoms with Crippen molar-refractivity contribution in [3.05, 3.63) is 0 Å². The van der Waals surface area contributed by atoms with Crippen molar-refractivity contribution in [3.63, 3.8) is 0 Å². The maximum absolute atomic E-state index is 12.0. The molecule has 3 atom stereocenters. The minimum atomic E-state index is -0.188. The predicted octanol–water partition coefficient (Wildman–Crippen LogP) is 1.28. The van der Waals surface area contributed by atoms with Crippen LogP contribution in [0.1, 0.15) is 39.0 Å². The van der Waals surface area contributed by atoms with Crippen LogP contribution in [0.4, 0.5) is 0 Å². The third kappa shape index (κ3) is 2.98. The van der Waals surface area contributed by atoms with E-state index < -0.39 is 0 Å². The molecule has 2 aliphatic rings. The molecule has 1 aliphatic heterocycles. The maximum Gasteiger partial charge on any atom is 0.237 e. The molecule has 1 saturated heterocycles. The van der Waals surface area contributed by atoms with E-state index in [0.717, 1.165) is 25.3 Å². The van der Waals surface area contributed by atoms with E-state index in [-0.39, 0.29) is 11.9 Å². The fraction of sp³-hybridized carbons (Fsp3) is 0.846. The normalized spacial score (nSPS) is 32.7. The molecule has 0 aromatic heterocycles. The van der Waals surface area contributed by atoms with Crippen LogP contribution in [0.2, 0.25) is 0 Å². The van der Waals surface area contributed by atoms with Gasteiger partial charge in [-0.2, -0.15) is 5.26 Å². The van der Waals surface area contributed by atoms with Crippen molar-refractivity contribution >= 4 is 5.91 Å². The number of carbonyl (C=O) groups is 1. The monoisotopic (exact) mass is 235 g/mol. The van der Waals surface area contributed by atoms with Gasteiger partial charge in [-0.1, -0.05) is 6.92 Å². The Morgan fingerprint density at radius 3 is 2.94 bits per heavy atom. The van der Waals surface area contributed by atoms with Crippen LogP contribution in [0.5, 0.6) is 0 Å². The zero-order valence-electron chi connectivity index (χ0n) is 10.5. The lowest BCUT2D eigenvalue weighted by molar-refractivity contribution is -0.130.